The number of amides is 2. The lowest BCUT2D eigenvalue weighted by Crippen LogP contribution is -2.38. The van der Waals surface area contributed by atoms with Gasteiger partial charge in [-0.05, 0) is 52.3 Å². The van der Waals surface area contributed by atoms with Crippen molar-refractivity contribution in [2.45, 2.75) is 46.3 Å². The van der Waals surface area contributed by atoms with Gasteiger partial charge in [0, 0.05) is 30.9 Å². The molecule has 0 saturated heterocycles. The molecule has 0 radical (unpaired) electrons. The number of rotatable bonds is 5. The second kappa shape index (κ2) is 7.85. The third-order valence-electron chi connectivity index (χ3n) is 3.08. The van der Waals surface area contributed by atoms with Gasteiger partial charge in [0.2, 0.25) is 0 Å². The van der Waals surface area contributed by atoms with E-state index >= 15 is 0 Å². The number of nitrogens with one attached hydrogen (secondary N) is 3. The predicted molar refractivity (Wildman–Crippen MR) is 91.9 cm³/mol. The van der Waals surface area contributed by atoms with Gasteiger partial charge < -0.3 is 20.7 Å². The first-order valence-electron chi connectivity index (χ1n) is 7.68. The molecule has 1 aromatic carbocycles. The van der Waals surface area contributed by atoms with E-state index < -0.39 is 11.7 Å². The lowest BCUT2D eigenvalue weighted by molar-refractivity contribution is 0.0526. The van der Waals surface area contributed by atoms with Crippen LogP contribution in [0.1, 0.15) is 43.6 Å². The van der Waals surface area contributed by atoms with E-state index in [9.17, 15) is 9.59 Å². The van der Waals surface area contributed by atoms with Crippen molar-refractivity contribution >= 4 is 17.7 Å². The van der Waals surface area contributed by atoms with Crippen LogP contribution in [0.5, 0.6) is 0 Å². The first-order chi connectivity index (χ1) is 10.6. The van der Waals surface area contributed by atoms with Crippen molar-refractivity contribution in [1.29, 1.82) is 0 Å². The molecule has 0 aromatic heterocycles. The zero-order valence-corrected chi connectivity index (χ0v) is 14.7. The minimum atomic E-state index is -0.515. The summed E-state index contributed by atoms with van der Waals surface area (Å²) in [4.78, 5) is 23.3. The summed E-state index contributed by atoms with van der Waals surface area (Å²) in [6.07, 6.45) is -0.443. The molecule has 1 atom stereocenters. The molecule has 0 aliphatic heterocycles. The normalized spacial score (nSPS) is 12.3. The number of benzene rings is 1. The molecule has 0 bridgehead atoms. The molecular weight excluding hydrogens is 294 g/mol. The van der Waals surface area contributed by atoms with Crippen molar-refractivity contribution < 1.29 is 14.3 Å². The maximum Gasteiger partial charge on any atom is 0.407 e. The van der Waals surface area contributed by atoms with E-state index in [0.717, 1.165) is 11.3 Å². The minimum absolute atomic E-state index is 0.0128. The summed E-state index contributed by atoms with van der Waals surface area (Å²) in [7, 11) is 1.60. The molecule has 0 fully saturated rings. The zero-order valence-electron chi connectivity index (χ0n) is 14.7. The molecule has 3 N–H and O–H groups in total. The van der Waals surface area contributed by atoms with Crippen LogP contribution in [0.3, 0.4) is 0 Å². The maximum atomic E-state index is 11.7. The molecule has 0 aliphatic rings. The Hall–Kier alpha value is -2.24. The maximum absolute atomic E-state index is 11.7. The fraction of sp³-hybridized carbons (Fsp3) is 0.529. The van der Waals surface area contributed by atoms with Crippen LogP contribution in [-0.4, -0.2) is 37.2 Å². The van der Waals surface area contributed by atoms with Crippen molar-refractivity contribution in [1.82, 2.24) is 10.6 Å². The second-order valence-corrected chi connectivity index (χ2v) is 6.54. The summed E-state index contributed by atoms with van der Waals surface area (Å²) >= 11 is 0. The average molecular weight is 321 g/mol. The quantitative estimate of drug-likeness (QED) is 0.779. The van der Waals surface area contributed by atoms with Gasteiger partial charge in [-0.3, -0.25) is 4.79 Å². The zero-order chi connectivity index (χ0) is 17.6. The number of hydrogen-bond donors (Lipinski definition) is 3. The number of carbonyl (C=O) groups is 2. The van der Waals surface area contributed by atoms with Gasteiger partial charge in [-0.25, -0.2) is 4.79 Å². The largest absolute Gasteiger partial charge is 0.444 e. The summed E-state index contributed by atoms with van der Waals surface area (Å²) in [6.45, 7) is 9.79. The second-order valence-electron chi connectivity index (χ2n) is 6.54. The fourth-order valence-electron chi connectivity index (χ4n) is 1.93. The van der Waals surface area contributed by atoms with E-state index in [1.54, 1.807) is 19.2 Å². The van der Waals surface area contributed by atoms with Gasteiger partial charge in [0.1, 0.15) is 5.60 Å². The molecule has 0 spiro atoms. The van der Waals surface area contributed by atoms with Crippen LogP contribution in [-0.2, 0) is 4.74 Å². The van der Waals surface area contributed by atoms with Gasteiger partial charge in [-0.2, -0.15) is 0 Å². The van der Waals surface area contributed by atoms with Gasteiger partial charge in [0.25, 0.3) is 5.91 Å². The van der Waals surface area contributed by atoms with E-state index in [1.165, 1.54) is 0 Å². The monoisotopic (exact) mass is 321 g/mol. The molecule has 6 nitrogen and oxygen atoms in total. The topological polar surface area (TPSA) is 79.5 Å². The van der Waals surface area contributed by atoms with E-state index in [0.29, 0.717) is 12.1 Å². The molecule has 0 aliphatic carbocycles. The summed E-state index contributed by atoms with van der Waals surface area (Å²) in [5.74, 6) is -0.132. The Balaban J connectivity index is 2.62. The van der Waals surface area contributed by atoms with Crippen LogP contribution in [0.15, 0.2) is 18.2 Å². The molecule has 128 valence electrons. The Labute approximate surface area is 138 Å². The minimum Gasteiger partial charge on any atom is -0.444 e. The van der Waals surface area contributed by atoms with Crippen molar-refractivity contribution in [3.05, 3.63) is 29.3 Å². The number of anilines is 1. The fourth-order valence-corrected chi connectivity index (χ4v) is 1.93. The molecule has 2 amide bonds. The van der Waals surface area contributed by atoms with Crippen LogP contribution in [0.25, 0.3) is 0 Å². The van der Waals surface area contributed by atoms with Gasteiger partial charge in [0.15, 0.2) is 0 Å². The number of ether oxygens (including phenoxy) is 1. The summed E-state index contributed by atoms with van der Waals surface area (Å²) < 4.78 is 5.20. The van der Waals surface area contributed by atoms with Crippen molar-refractivity contribution in [2.24, 2.45) is 0 Å². The first kappa shape index (κ1) is 18.8. The third kappa shape index (κ3) is 6.59. The summed E-state index contributed by atoms with van der Waals surface area (Å²) in [6, 6.07) is 5.46. The van der Waals surface area contributed by atoms with Crippen LogP contribution < -0.4 is 16.0 Å². The van der Waals surface area contributed by atoms with Crippen molar-refractivity contribution in [3.8, 4) is 0 Å². The van der Waals surface area contributed by atoms with E-state index in [2.05, 4.69) is 16.0 Å². The number of hydrogen-bond acceptors (Lipinski definition) is 4. The highest BCUT2D eigenvalue weighted by Gasteiger charge is 2.16. The molecule has 0 saturated carbocycles. The molecule has 1 aromatic rings. The van der Waals surface area contributed by atoms with E-state index in [1.807, 2.05) is 40.7 Å². The lowest BCUT2D eigenvalue weighted by atomic mass is 10.1. The van der Waals surface area contributed by atoms with Crippen LogP contribution in [0.4, 0.5) is 10.5 Å². The van der Waals surface area contributed by atoms with Gasteiger partial charge >= 0.3 is 6.09 Å². The number of alkyl carbamates (subject to hydrolysis) is 1. The Morgan fingerprint density at radius 1 is 1.26 bits per heavy atom. The third-order valence-corrected chi connectivity index (χ3v) is 3.08. The van der Waals surface area contributed by atoms with Gasteiger partial charge in [0.05, 0.1) is 0 Å². The smallest absolute Gasteiger partial charge is 0.407 e. The Kier molecular flexibility index (Phi) is 6.42. The van der Waals surface area contributed by atoms with Crippen LogP contribution >= 0.6 is 0 Å². The Bertz CT molecular complexity index is 565. The molecule has 0 heterocycles. The molecule has 23 heavy (non-hydrogen) atoms. The van der Waals surface area contributed by atoms with Gasteiger partial charge in [-0.15, -0.1) is 0 Å². The van der Waals surface area contributed by atoms with E-state index in [-0.39, 0.29) is 11.9 Å². The Morgan fingerprint density at radius 3 is 2.48 bits per heavy atom. The van der Waals surface area contributed by atoms with Gasteiger partial charge in [-0.1, -0.05) is 6.07 Å². The Morgan fingerprint density at radius 2 is 1.91 bits per heavy atom. The molecule has 1 rings (SSSR count). The number of aryl methyl sites for hydroxylation is 1. The first-order valence-corrected chi connectivity index (χ1v) is 7.68. The molecular formula is C17H27N3O3. The van der Waals surface area contributed by atoms with E-state index in [4.69, 9.17) is 4.74 Å². The number of carbonyl (C=O) groups excluding carboxylic acids is 2. The standard InChI is InChI=1S/C17H27N3O3/c1-11-7-8-13(15(21)18-6)9-14(11)20-12(2)10-19-16(22)23-17(3,4)5/h7-9,12,20H,10H2,1-6H3,(H,18,21)(H,19,22). The average Bonchev–Trinajstić information content (AvgIpc) is 2.45. The SMILES string of the molecule is CNC(=O)c1ccc(C)c(NC(C)CNC(=O)OC(C)(C)C)c1. The van der Waals surface area contributed by atoms with Crippen molar-refractivity contribution in [3.63, 3.8) is 0 Å². The highest BCUT2D eigenvalue weighted by Crippen LogP contribution is 2.18. The molecule has 6 heteroatoms. The highest BCUT2D eigenvalue weighted by molar-refractivity contribution is 5.95. The van der Waals surface area contributed by atoms with Crippen molar-refractivity contribution in [2.75, 3.05) is 18.9 Å². The van der Waals surface area contributed by atoms with Crippen LogP contribution in [0, 0.1) is 6.92 Å². The highest BCUT2D eigenvalue weighted by atomic mass is 16.6. The molecule has 1 unspecified atom stereocenters. The van der Waals surface area contributed by atoms with Crippen LogP contribution in [0.2, 0.25) is 0 Å². The summed E-state index contributed by atoms with van der Waals surface area (Å²) in [5, 5.41) is 8.62. The predicted octanol–water partition coefficient (Wildman–Crippen LogP) is 2.68. The summed E-state index contributed by atoms with van der Waals surface area (Å²) in [5.41, 5.74) is 1.97. The lowest BCUT2D eigenvalue weighted by Gasteiger charge is -2.22.